The van der Waals surface area contributed by atoms with Crippen molar-refractivity contribution in [2.24, 2.45) is 7.05 Å². The molecular formula is C10H10BrClN4O2S. The molecule has 1 aromatic heterocycles. The van der Waals surface area contributed by atoms with E-state index in [1.807, 2.05) is 0 Å². The number of hydrogen-bond acceptors (Lipinski definition) is 4. The van der Waals surface area contributed by atoms with Crippen molar-refractivity contribution in [1.82, 2.24) is 9.78 Å². The standard InChI is InChI=1S/C10H10BrClN4O2S/c1-16-10(8(13)5-14-16)15-19(17,18)9-3-2-6(11)4-7(9)12/h2-5,15H,13H2,1H3. The van der Waals surface area contributed by atoms with Gasteiger partial charge in [0.15, 0.2) is 5.82 Å². The van der Waals surface area contributed by atoms with Gasteiger partial charge in [-0.1, -0.05) is 27.5 Å². The van der Waals surface area contributed by atoms with Crippen molar-refractivity contribution < 1.29 is 8.42 Å². The lowest BCUT2D eigenvalue weighted by Crippen LogP contribution is -2.16. The number of nitrogens with zero attached hydrogens (tertiary/aromatic N) is 2. The van der Waals surface area contributed by atoms with E-state index in [9.17, 15) is 8.42 Å². The maximum atomic E-state index is 12.2. The molecule has 19 heavy (non-hydrogen) atoms. The zero-order valence-corrected chi connectivity index (χ0v) is 12.9. The number of nitrogens with one attached hydrogen (secondary N) is 1. The van der Waals surface area contributed by atoms with Crippen molar-refractivity contribution in [2.45, 2.75) is 4.90 Å². The monoisotopic (exact) mass is 364 g/mol. The predicted molar refractivity (Wildman–Crippen MR) is 77.6 cm³/mol. The number of aryl methyl sites for hydroxylation is 1. The molecule has 0 amide bonds. The van der Waals surface area contributed by atoms with Gasteiger partial charge in [-0.05, 0) is 18.2 Å². The number of nitrogen functional groups attached to an aromatic ring is 1. The van der Waals surface area contributed by atoms with E-state index in [4.69, 9.17) is 17.3 Å². The second-order valence-corrected chi connectivity index (χ2v) is 6.73. The van der Waals surface area contributed by atoms with Gasteiger partial charge in [-0.2, -0.15) is 5.10 Å². The van der Waals surface area contributed by atoms with Crippen molar-refractivity contribution in [3.63, 3.8) is 0 Å². The minimum atomic E-state index is -3.82. The van der Waals surface area contributed by atoms with Gasteiger partial charge in [0, 0.05) is 11.5 Å². The van der Waals surface area contributed by atoms with E-state index in [-0.39, 0.29) is 21.4 Å². The number of sulfonamides is 1. The third-order valence-corrected chi connectivity index (χ3v) is 4.70. The summed E-state index contributed by atoms with van der Waals surface area (Å²) in [6.07, 6.45) is 1.36. The Morgan fingerprint density at radius 1 is 1.47 bits per heavy atom. The van der Waals surface area contributed by atoms with Crippen LogP contribution >= 0.6 is 27.5 Å². The van der Waals surface area contributed by atoms with Gasteiger partial charge in [-0.15, -0.1) is 0 Å². The summed E-state index contributed by atoms with van der Waals surface area (Å²) in [6.45, 7) is 0. The summed E-state index contributed by atoms with van der Waals surface area (Å²) in [5.74, 6) is 0.194. The highest BCUT2D eigenvalue weighted by atomic mass is 79.9. The van der Waals surface area contributed by atoms with Crippen LogP contribution in [0.1, 0.15) is 0 Å². The van der Waals surface area contributed by atoms with Crippen LogP contribution in [0.15, 0.2) is 33.8 Å². The van der Waals surface area contributed by atoms with Gasteiger partial charge < -0.3 is 5.73 Å². The van der Waals surface area contributed by atoms with E-state index < -0.39 is 10.0 Å². The Bertz CT molecular complexity index is 710. The molecule has 2 rings (SSSR count). The Kier molecular flexibility index (Phi) is 3.75. The Morgan fingerprint density at radius 2 is 2.16 bits per heavy atom. The molecule has 0 unspecified atom stereocenters. The number of anilines is 2. The molecule has 0 saturated heterocycles. The molecule has 1 heterocycles. The van der Waals surface area contributed by atoms with Crippen LogP contribution in [0.25, 0.3) is 0 Å². The summed E-state index contributed by atoms with van der Waals surface area (Å²) in [6, 6.07) is 4.50. The summed E-state index contributed by atoms with van der Waals surface area (Å²) in [5.41, 5.74) is 5.87. The largest absolute Gasteiger partial charge is 0.394 e. The molecule has 102 valence electrons. The summed E-state index contributed by atoms with van der Waals surface area (Å²) >= 11 is 9.14. The number of halogens is 2. The second kappa shape index (κ2) is 5.03. The third-order valence-electron chi connectivity index (χ3n) is 2.38. The van der Waals surface area contributed by atoms with Crippen LogP contribution in [0.4, 0.5) is 11.5 Å². The fraction of sp³-hybridized carbons (Fsp3) is 0.100. The molecule has 0 atom stereocenters. The molecule has 1 aromatic carbocycles. The molecular weight excluding hydrogens is 356 g/mol. The molecule has 9 heteroatoms. The average Bonchev–Trinajstić information content (AvgIpc) is 2.60. The van der Waals surface area contributed by atoms with Crippen molar-refractivity contribution in [3.05, 3.63) is 33.9 Å². The molecule has 6 nitrogen and oxygen atoms in total. The van der Waals surface area contributed by atoms with Crippen molar-refractivity contribution in [3.8, 4) is 0 Å². The van der Waals surface area contributed by atoms with Gasteiger partial charge in [0.2, 0.25) is 0 Å². The highest BCUT2D eigenvalue weighted by Gasteiger charge is 2.20. The maximum absolute atomic E-state index is 12.2. The molecule has 0 spiro atoms. The van der Waals surface area contributed by atoms with Crippen LogP contribution in [-0.4, -0.2) is 18.2 Å². The summed E-state index contributed by atoms with van der Waals surface area (Å²) in [5, 5.41) is 3.97. The molecule has 0 fully saturated rings. The fourth-order valence-corrected chi connectivity index (χ4v) is 3.61. The van der Waals surface area contributed by atoms with Crippen LogP contribution in [0.2, 0.25) is 5.02 Å². The summed E-state index contributed by atoms with van der Waals surface area (Å²) in [4.78, 5) is -0.0297. The lowest BCUT2D eigenvalue weighted by atomic mass is 10.4. The number of benzene rings is 1. The normalized spacial score (nSPS) is 11.5. The van der Waals surface area contributed by atoms with Crippen LogP contribution in [0.5, 0.6) is 0 Å². The highest BCUT2D eigenvalue weighted by Crippen LogP contribution is 2.28. The van der Waals surface area contributed by atoms with E-state index in [1.54, 1.807) is 13.1 Å². The average molecular weight is 366 g/mol. The molecule has 0 bridgehead atoms. The second-order valence-electron chi connectivity index (χ2n) is 3.75. The smallest absolute Gasteiger partial charge is 0.264 e. The van der Waals surface area contributed by atoms with Crippen LogP contribution in [0.3, 0.4) is 0 Å². The first-order valence-corrected chi connectivity index (χ1v) is 7.72. The summed E-state index contributed by atoms with van der Waals surface area (Å²) < 4.78 is 28.8. The molecule has 0 aliphatic rings. The quantitative estimate of drug-likeness (QED) is 0.872. The zero-order valence-electron chi connectivity index (χ0n) is 9.76. The fourth-order valence-electron chi connectivity index (χ4n) is 1.45. The Morgan fingerprint density at radius 3 is 2.68 bits per heavy atom. The first kappa shape index (κ1) is 14.2. The summed E-state index contributed by atoms with van der Waals surface area (Å²) in [7, 11) is -2.24. The predicted octanol–water partition coefficient (Wildman–Crippen LogP) is 2.22. The van der Waals surface area contributed by atoms with E-state index in [0.29, 0.717) is 4.47 Å². The minimum Gasteiger partial charge on any atom is -0.394 e. The lowest BCUT2D eigenvalue weighted by molar-refractivity contribution is 0.600. The van der Waals surface area contributed by atoms with Crippen molar-refractivity contribution in [1.29, 1.82) is 0 Å². The minimum absolute atomic E-state index is 0.0297. The first-order chi connectivity index (χ1) is 8.81. The lowest BCUT2D eigenvalue weighted by Gasteiger charge is -2.10. The zero-order chi connectivity index (χ0) is 14.2. The van der Waals surface area contributed by atoms with E-state index >= 15 is 0 Å². The van der Waals surface area contributed by atoms with Crippen LogP contribution in [-0.2, 0) is 17.1 Å². The molecule has 0 aliphatic carbocycles. The van der Waals surface area contributed by atoms with Gasteiger partial charge in [-0.3, -0.25) is 9.40 Å². The van der Waals surface area contributed by atoms with E-state index in [0.717, 1.165) is 0 Å². The van der Waals surface area contributed by atoms with Crippen molar-refractivity contribution >= 4 is 49.1 Å². The van der Waals surface area contributed by atoms with Gasteiger partial charge in [0.05, 0.1) is 16.9 Å². The van der Waals surface area contributed by atoms with Crippen molar-refractivity contribution in [2.75, 3.05) is 10.5 Å². The van der Waals surface area contributed by atoms with Gasteiger partial charge in [0.25, 0.3) is 10.0 Å². The highest BCUT2D eigenvalue weighted by molar-refractivity contribution is 9.10. The molecule has 0 saturated carbocycles. The molecule has 0 aliphatic heterocycles. The Labute approximate surface area is 123 Å². The van der Waals surface area contributed by atoms with Crippen LogP contribution in [0, 0.1) is 0 Å². The van der Waals surface area contributed by atoms with E-state index in [1.165, 1.54) is 23.0 Å². The molecule has 3 N–H and O–H groups in total. The topological polar surface area (TPSA) is 90.0 Å². The SMILES string of the molecule is Cn1ncc(N)c1NS(=O)(=O)c1ccc(Br)cc1Cl. The number of nitrogens with two attached hydrogens (primary N) is 1. The molecule has 2 aromatic rings. The third kappa shape index (κ3) is 2.85. The number of rotatable bonds is 3. The van der Waals surface area contributed by atoms with E-state index in [2.05, 4.69) is 25.8 Å². The van der Waals surface area contributed by atoms with Crippen LogP contribution < -0.4 is 10.5 Å². The maximum Gasteiger partial charge on any atom is 0.264 e. The van der Waals surface area contributed by atoms with Gasteiger partial charge >= 0.3 is 0 Å². The molecule has 0 radical (unpaired) electrons. The number of hydrogen-bond donors (Lipinski definition) is 2. The first-order valence-electron chi connectivity index (χ1n) is 5.06. The Hall–Kier alpha value is -1.25. The number of aromatic nitrogens is 2. The van der Waals surface area contributed by atoms with Gasteiger partial charge in [-0.25, -0.2) is 8.42 Å². The van der Waals surface area contributed by atoms with Gasteiger partial charge in [0.1, 0.15) is 4.90 Å². The Balaban J connectivity index is 2.44.